The number of hydrogen-bond donors (Lipinski definition) is 21. The molecule has 0 aromatic heterocycles. The highest BCUT2D eigenvalue weighted by Crippen LogP contribution is 2.76. The lowest BCUT2D eigenvalue weighted by molar-refractivity contribution is -0.369. The molecule has 0 spiro atoms. The van der Waals surface area contributed by atoms with Crippen molar-refractivity contribution in [2.75, 3.05) is 33.0 Å². The van der Waals surface area contributed by atoms with Gasteiger partial charge in [0.1, 0.15) is 146 Å². The summed E-state index contributed by atoms with van der Waals surface area (Å²) in [7, 11) is 0. The van der Waals surface area contributed by atoms with E-state index < -0.39 is 316 Å². The molecular weight excluding hydrogens is 1570 g/mol. The number of esters is 2. The summed E-state index contributed by atoms with van der Waals surface area (Å²) < 4.78 is 90.5. The van der Waals surface area contributed by atoms with Crippen molar-refractivity contribution in [3.8, 4) is 0 Å². The number of allylic oxidation sites excluding steroid dienone is 3. The molecule has 0 unspecified atom stereocenters. The summed E-state index contributed by atoms with van der Waals surface area (Å²) in [5, 5.41) is 232. The van der Waals surface area contributed by atoms with E-state index >= 15 is 4.79 Å². The second kappa shape index (κ2) is 35.9. The molecule has 0 amide bonds. The van der Waals surface area contributed by atoms with Gasteiger partial charge in [-0.05, 0) is 125 Å². The van der Waals surface area contributed by atoms with Gasteiger partial charge in [0, 0.05) is 11.8 Å². The zero-order chi connectivity index (χ0) is 86.7. The van der Waals surface area contributed by atoms with Gasteiger partial charge in [0.15, 0.2) is 43.8 Å². The zero-order valence-corrected chi connectivity index (χ0v) is 68.4. The van der Waals surface area contributed by atoms with Crippen molar-refractivity contribution in [2.45, 2.75) is 367 Å². The van der Waals surface area contributed by atoms with Crippen LogP contribution in [0.1, 0.15) is 140 Å². The van der Waals surface area contributed by atoms with E-state index in [1.807, 2.05) is 13.8 Å². The molecule has 118 heavy (non-hydrogen) atoms. The van der Waals surface area contributed by atoms with E-state index in [-0.39, 0.29) is 43.1 Å². The summed E-state index contributed by atoms with van der Waals surface area (Å²) in [6.07, 6.45) is -50.9. The second-order valence-corrected chi connectivity index (χ2v) is 37.2. The van der Waals surface area contributed by atoms with Gasteiger partial charge in [-0.15, -0.1) is 6.58 Å². The fraction of sp³-hybridized carbons (Fsp3) is 0.900. The molecule has 0 aromatic rings. The summed E-state index contributed by atoms with van der Waals surface area (Å²) >= 11 is 0. The van der Waals surface area contributed by atoms with Crippen LogP contribution in [-0.2, 0) is 80.6 Å². The van der Waals surface area contributed by atoms with Crippen LogP contribution in [0, 0.1) is 50.2 Å². The first-order valence-electron chi connectivity index (χ1n) is 41.2. The van der Waals surface area contributed by atoms with Crippen LogP contribution >= 0.6 is 0 Å². The van der Waals surface area contributed by atoms with Crippen molar-refractivity contribution < 1.29 is 188 Å². The third kappa shape index (κ3) is 16.9. The Morgan fingerprint density at radius 3 is 1.69 bits per heavy atom. The number of carbonyl (C=O) groups excluding carboxylic acids is 2. The molecule has 12 aliphatic rings. The third-order valence-corrected chi connectivity index (χ3v) is 29.3. The smallest absolute Gasteiger partial charge is 0.336 e. The number of hydrogen-bond acceptors (Lipinski definition) is 38. The maximum absolute atomic E-state index is 16.4. The number of ether oxygens (including phenoxy) is 15. The van der Waals surface area contributed by atoms with Crippen molar-refractivity contribution in [3.05, 3.63) is 36.0 Å². The van der Waals surface area contributed by atoms with Gasteiger partial charge < -0.3 is 178 Å². The van der Waals surface area contributed by atoms with E-state index in [4.69, 9.17) is 71.1 Å². The summed E-state index contributed by atoms with van der Waals surface area (Å²) in [6, 6.07) is 0. The van der Waals surface area contributed by atoms with Crippen LogP contribution in [0.2, 0.25) is 0 Å². The molecule has 44 atom stereocenters. The molecule has 676 valence electrons. The molecule has 12 rings (SSSR count). The van der Waals surface area contributed by atoms with E-state index in [9.17, 15) is 112 Å². The average molecular weight is 1700 g/mol. The van der Waals surface area contributed by atoms with E-state index in [1.54, 1.807) is 6.92 Å². The first-order chi connectivity index (χ1) is 55.2. The first-order valence-corrected chi connectivity index (χ1v) is 41.2. The normalized spacial score (nSPS) is 51.4. The zero-order valence-electron chi connectivity index (χ0n) is 68.4. The van der Waals surface area contributed by atoms with Crippen LogP contribution in [-0.4, -0.2) is 379 Å². The van der Waals surface area contributed by atoms with Gasteiger partial charge in [-0.1, -0.05) is 72.3 Å². The highest BCUT2D eigenvalue weighted by atomic mass is 16.8. The first kappa shape index (κ1) is 93.9. The van der Waals surface area contributed by atoms with Gasteiger partial charge in [-0.25, -0.2) is 4.79 Å². The highest BCUT2D eigenvalue weighted by molar-refractivity contribution is 5.89. The van der Waals surface area contributed by atoms with Gasteiger partial charge in [0.25, 0.3) is 0 Å². The monoisotopic (exact) mass is 1700 g/mol. The molecule has 21 N–H and O–H groups in total. The Kier molecular flexibility index (Phi) is 28.6. The minimum Gasteiger partial charge on any atom is -0.458 e. The molecule has 0 aromatic carbocycles. The molecule has 38 heteroatoms. The average Bonchev–Trinajstić information content (AvgIpc) is 0.744. The van der Waals surface area contributed by atoms with E-state index in [1.165, 1.54) is 32.9 Å². The van der Waals surface area contributed by atoms with E-state index in [0.29, 0.717) is 32.1 Å². The molecule has 7 aliphatic heterocycles. The number of aliphatic hydroxyl groups is 21. The quantitative estimate of drug-likeness (QED) is 0.0186. The molecule has 11 fully saturated rings. The van der Waals surface area contributed by atoms with Gasteiger partial charge in [-0.2, -0.15) is 0 Å². The molecule has 4 saturated carbocycles. The Hall–Kier alpha value is -3.20. The molecular formula is C80H128O38. The second-order valence-electron chi connectivity index (χ2n) is 37.2. The van der Waals surface area contributed by atoms with Gasteiger partial charge >= 0.3 is 11.9 Å². The SMILES string of the molecule is C=C[C@](C)(CC/C=C(\CO)C(=O)O[C@H]1C[C@]2(C(=O)O[C@@H]3O[C@H](CO)[C@@H](O)[C@H](O)[C@H]3O[C@@H]3O[C@@H](C)[C@H](O[C@@H]4O[C@@H](CO)[C@H](O)[C@H]4O)[C@@H](O)[C@H]3O)[C@H](O)C[C@]3(C)C(=CC[C@@H]4[C@@]5(C)CC[C@H](O[C@@H]6O[C@H](CO[C@@H]7O[C@H](C)[C@H](O)[C@H](O)[C@H]7O[C@@H]7OC[C@@H](O)[C@H](O)[C@H]7O)[C@@H](O)[C@H](O)[C@H]6O)C(C)(C)[C@@H]5CC[C@]43C)[C@@H]2CC1(C)C)O[C@@H]1O[C@H](C)[C@@H](O)[C@H](O)[C@H]1O. The fourth-order valence-corrected chi connectivity index (χ4v) is 21.6. The number of rotatable bonds is 24. The molecule has 38 nitrogen and oxygen atoms in total. The highest BCUT2D eigenvalue weighted by Gasteiger charge is 2.74. The van der Waals surface area contributed by atoms with Crippen LogP contribution in [0.15, 0.2) is 36.0 Å². The summed E-state index contributed by atoms with van der Waals surface area (Å²) in [6.45, 7) is 20.6. The maximum Gasteiger partial charge on any atom is 0.336 e. The number of carbonyl (C=O) groups is 2. The lowest BCUT2D eigenvalue weighted by Crippen LogP contribution is -2.70. The van der Waals surface area contributed by atoms with Crippen molar-refractivity contribution in [1.82, 2.24) is 0 Å². The van der Waals surface area contributed by atoms with Crippen molar-refractivity contribution in [1.29, 1.82) is 0 Å². The predicted molar refractivity (Wildman–Crippen MR) is 396 cm³/mol. The Bertz CT molecular complexity index is 3500. The van der Waals surface area contributed by atoms with Crippen LogP contribution in [0.25, 0.3) is 0 Å². The van der Waals surface area contributed by atoms with E-state index in [0.717, 1.165) is 5.57 Å². The molecule has 7 saturated heterocycles. The fourth-order valence-electron chi connectivity index (χ4n) is 21.6. The summed E-state index contributed by atoms with van der Waals surface area (Å²) in [4.78, 5) is 31.2. The van der Waals surface area contributed by atoms with Crippen molar-refractivity contribution >= 4 is 11.9 Å². The largest absolute Gasteiger partial charge is 0.458 e. The van der Waals surface area contributed by atoms with Gasteiger partial charge in [0.05, 0.1) is 74.7 Å². The Morgan fingerprint density at radius 2 is 1.04 bits per heavy atom. The molecule has 7 heterocycles. The lowest BCUT2D eigenvalue weighted by atomic mass is 9.33. The van der Waals surface area contributed by atoms with Crippen molar-refractivity contribution in [3.63, 3.8) is 0 Å². The lowest BCUT2D eigenvalue weighted by Gasteiger charge is -2.72. The minimum atomic E-state index is -2.13. The van der Waals surface area contributed by atoms with Gasteiger partial charge in [0.2, 0.25) is 6.29 Å². The van der Waals surface area contributed by atoms with Crippen LogP contribution in [0.5, 0.6) is 0 Å². The summed E-state index contributed by atoms with van der Waals surface area (Å²) in [5.74, 6) is -3.38. The van der Waals surface area contributed by atoms with Crippen LogP contribution < -0.4 is 0 Å². The Morgan fingerprint density at radius 1 is 0.525 bits per heavy atom. The third-order valence-electron chi connectivity index (χ3n) is 29.3. The van der Waals surface area contributed by atoms with Gasteiger partial charge in [-0.3, -0.25) is 4.79 Å². The molecule has 0 radical (unpaired) electrons. The Labute approximate surface area is 683 Å². The summed E-state index contributed by atoms with van der Waals surface area (Å²) in [5.41, 5.74) is -6.74. The standard InChI is InChI=1S/C80H128O38/c1-13-76(9,118-70-60(100)52(92)46(86)31(2)106-70)20-14-15-34(26-81)65(102)112-45-25-80(73(103)117-72-64(55(95)49(89)38(27-82)110-72)116-67-61(101)56(96)62(33(4)108-67)114-69-58(98)50(90)39(28-83)109-69)36(23-74(45,5)6)35-16-17-42-77(10)21-19-44(75(7,8)41(77)18-22-78(42,11)79(35,12)24-43(80)85)113-68-59(99)53(93)51(91)40(111-68)30-105-71-63(54(94)47(87)32(3)107-71)115-66-57(97)48(88)37(84)29-104-66/h13,15-16,31-33,36-64,66-72,81-101H,1,14,17-30H2,2-12H3/b34-15+/t31-,32-,33+,36+,37-,38-,39+,40-,41+,42-,43-,44+,45+,46-,47+,48+,49-,50+,51-,52+,53+,54+,55+,56+,57-,58-,59-,60-,61-,62+,63-,64-,66+,67+,68+,69+,70+,71-,72+,76-,77+,78-,79-,80-/m1/s1. The van der Waals surface area contributed by atoms with E-state index in [2.05, 4.69) is 47.3 Å². The Balaban J connectivity index is 0.809. The predicted octanol–water partition coefficient (Wildman–Crippen LogP) is -5.07. The van der Waals surface area contributed by atoms with Crippen molar-refractivity contribution in [2.24, 2.45) is 50.2 Å². The topological polar surface area (TPSA) is 597 Å². The maximum atomic E-state index is 16.4. The molecule has 5 aliphatic carbocycles. The number of fused-ring (bicyclic) bond motifs is 7. The van der Waals surface area contributed by atoms with Crippen LogP contribution in [0.4, 0.5) is 0 Å². The minimum absolute atomic E-state index is 0.0201. The molecule has 0 bridgehead atoms. The number of aliphatic hydroxyl groups excluding tert-OH is 21. The van der Waals surface area contributed by atoms with Crippen LogP contribution in [0.3, 0.4) is 0 Å².